The van der Waals surface area contributed by atoms with Crippen LogP contribution in [0.4, 0.5) is 5.69 Å². The Morgan fingerprint density at radius 3 is 2.50 bits per heavy atom. The molecule has 0 aromatic heterocycles. The van der Waals surface area contributed by atoms with Crippen LogP contribution >= 0.6 is 0 Å². The second-order valence-electron chi connectivity index (χ2n) is 9.74. The quantitative estimate of drug-likeness (QED) is 0.310. The molecule has 10 heteroatoms. The van der Waals surface area contributed by atoms with Crippen molar-refractivity contribution < 1.29 is 38.6 Å². The molecule has 2 aromatic carbocycles. The smallest absolute Gasteiger partial charge is 0.296 e. The standard InChI is InChI=1S/C28H29N3O7/c1-2-30-20-6-4-3-5-19(20)28(27(30)35)23(24(32)18-7-8-21-22(17-18)38-16-15-37-21)25(33)26(34)31(28)10-9-29-11-13-36-14-12-29/h3-8,17,32H,2,9-16H2,1H3. The van der Waals surface area contributed by atoms with E-state index in [9.17, 15) is 19.5 Å². The minimum Gasteiger partial charge on any atom is -0.872 e. The van der Waals surface area contributed by atoms with Crippen LogP contribution in [0.5, 0.6) is 11.5 Å². The van der Waals surface area contributed by atoms with Crippen LogP contribution in [0.25, 0.3) is 5.76 Å². The van der Waals surface area contributed by atoms with E-state index in [4.69, 9.17) is 14.2 Å². The van der Waals surface area contributed by atoms with Crippen LogP contribution in [0.1, 0.15) is 18.1 Å². The number of anilines is 1. The average molecular weight is 520 g/mol. The van der Waals surface area contributed by atoms with Crippen molar-refractivity contribution in [3.05, 3.63) is 59.2 Å². The largest absolute Gasteiger partial charge is 0.872 e. The summed E-state index contributed by atoms with van der Waals surface area (Å²) in [6.07, 6.45) is 0. The van der Waals surface area contributed by atoms with Gasteiger partial charge in [-0.2, -0.15) is 0 Å². The predicted molar refractivity (Wildman–Crippen MR) is 134 cm³/mol. The van der Waals surface area contributed by atoms with Crippen LogP contribution in [0.3, 0.4) is 0 Å². The summed E-state index contributed by atoms with van der Waals surface area (Å²) in [7, 11) is 0. The molecule has 2 fully saturated rings. The van der Waals surface area contributed by atoms with Gasteiger partial charge in [0.2, 0.25) is 5.78 Å². The van der Waals surface area contributed by atoms with Gasteiger partial charge >= 0.3 is 0 Å². The van der Waals surface area contributed by atoms with Crippen LogP contribution in [0, 0.1) is 0 Å². The monoisotopic (exact) mass is 519 g/mol. The second-order valence-corrected chi connectivity index (χ2v) is 9.74. The summed E-state index contributed by atoms with van der Waals surface area (Å²) in [5, 5.41) is 14.1. The zero-order chi connectivity index (χ0) is 26.4. The lowest BCUT2D eigenvalue weighted by atomic mass is 9.82. The summed E-state index contributed by atoms with van der Waals surface area (Å²) < 4.78 is 16.7. The summed E-state index contributed by atoms with van der Waals surface area (Å²) >= 11 is 0. The van der Waals surface area contributed by atoms with Gasteiger partial charge in [-0.3, -0.25) is 14.4 Å². The third-order valence-electron chi connectivity index (χ3n) is 7.81. The Kier molecular flexibility index (Phi) is 6.08. The van der Waals surface area contributed by atoms with Gasteiger partial charge in [-0.05, 0) is 30.7 Å². The minimum atomic E-state index is -1.82. The highest BCUT2D eigenvalue weighted by molar-refractivity contribution is 6.50. The number of likely N-dealkylation sites (tertiary alicyclic amines) is 1. The van der Waals surface area contributed by atoms with E-state index in [-0.39, 0.29) is 17.7 Å². The molecule has 2 amide bonds. The number of fused-ring (bicyclic) bond motifs is 3. The Balaban J connectivity index is 1.53. The number of rotatable bonds is 5. The Morgan fingerprint density at radius 2 is 1.74 bits per heavy atom. The molecule has 198 valence electrons. The number of para-hydroxylation sites is 1. The highest BCUT2D eigenvalue weighted by atomic mass is 16.6. The summed E-state index contributed by atoms with van der Waals surface area (Å²) in [4.78, 5) is 45.7. The van der Waals surface area contributed by atoms with Crippen molar-refractivity contribution in [2.45, 2.75) is 12.5 Å². The summed E-state index contributed by atoms with van der Waals surface area (Å²) in [5.74, 6) is -2.02. The number of Topliss-reactive ketones (excluding diaryl/α,β-unsaturated/α-hetero) is 1. The second kappa shape index (κ2) is 9.45. The number of ether oxygens (including phenoxy) is 3. The number of nitrogens with one attached hydrogen (secondary N) is 1. The Bertz CT molecular complexity index is 1350. The minimum absolute atomic E-state index is 0.148. The molecule has 1 spiro atoms. The molecule has 6 rings (SSSR count). The Hall–Kier alpha value is -3.89. The van der Waals surface area contributed by atoms with Gasteiger partial charge in [0.15, 0.2) is 17.0 Å². The lowest BCUT2D eigenvalue weighted by Gasteiger charge is -2.37. The van der Waals surface area contributed by atoms with E-state index in [1.54, 1.807) is 35.2 Å². The number of benzene rings is 2. The maximum atomic E-state index is 14.3. The zero-order valence-corrected chi connectivity index (χ0v) is 21.2. The average Bonchev–Trinajstić information content (AvgIpc) is 3.34. The van der Waals surface area contributed by atoms with E-state index in [0.29, 0.717) is 62.3 Å². The zero-order valence-electron chi connectivity index (χ0n) is 21.2. The molecule has 0 radical (unpaired) electrons. The van der Waals surface area contributed by atoms with Gasteiger partial charge in [0.05, 0.1) is 32.0 Å². The molecular formula is C28H29N3O7. The lowest BCUT2D eigenvalue weighted by molar-refractivity contribution is -0.907. The molecule has 2 saturated heterocycles. The van der Waals surface area contributed by atoms with E-state index >= 15 is 0 Å². The molecule has 1 unspecified atom stereocenters. The normalized spacial score (nSPS) is 24.4. The molecule has 1 atom stereocenters. The highest BCUT2D eigenvalue weighted by Gasteiger charge is 2.65. The van der Waals surface area contributed by atoms with Crippen molar-refractivity contribution in [3.63, 3.8) is 0 Å². The van der Waals surface area contributed by atoms with Gasteiger partial charge < -0.3 is 34.0 Å². The van der Waals surface area contributed by atoms with Crippen LogP contribution < -0.4 is 24.4 Å². The number of morpholine rings is 1. The fraction of sp³-hybridized carbons (Fsp3) is 0.393. The lowest BCUT2D eigenvalue weighted by Crippen LogP contribution is -3.14. The number of amides is 2. The van der Waals surface area contributed by atoms with Gasteiger partial charge in [0, 0.05) is 17.7 Å². The number of quaternary nitrogens is 1. The first kappa shape index (κ1) is 24.4. The summed E-state index contributed by atoms with van der Waals surface area (Å²) in [5.41, 5.74) is -0.922. The molecule has 4 aliphatic rings. The molecule has 4 aliphatic heterocycles. The number of carbonyl (C=O) groups excluding carboxylic acids is 3. The number of hydrogen-bond donors (Lipinski definition) is 1. The maximum Gasteiger partial charge on any atom is 0.296 e. The number of carbonyl (C=O) groups is 3. The van der Waals surface area contributed by atoms with Crippen LogP contribution in [-0.2, 0) is 24.7 Å². The molecule has 38 heavy (non-hydrogen) atoms. The third kappa shape index (κ3) is 3.51. The number of ketones is 1. The number of nitrogens with zero attached hydrogens (tertiary/aromatic N) is 2. The molecule has 4 heterocycles. The Labute approximate surface area is 220 Å². The van der Waals surface area contributed by atoms with Gasteiger partial charge in [0.1, 0.15) is 26.3 Å². The molecule has 2 aromatic rings. The topological polar surface area (TPSA) is 113 Å². The van der Waals surface area contributed by atoms with E-state index < -0.39 is 28.9 Å². The van der Waals surface area contributed by atoms with Crippen molar-refractivity contribution in [2.75, 3.05) is 64.1 Å². The van der Waals surface area contributed by atoms with Crippen molar-refractivity contribution in [2.24, 2.45) is 0 Å². The van der Waals surface area contributed by atoms with Gasteiger partial charge in [-0.15, -0.1) is 0 Å². The molecule has 0 bridgehead atoms. The molecule has 10 nitrogen and oxygen atoms in total. The van der Waals surface area contributed by atoms with Gasteiger partial charge in [-0.1, -0.05) is 30.0 Å². The van der Waals surface area contributed by atoms with Crippen molar-refractivity contribution in [1.29, 1.82) is 0 Å². The third-order valence-corrected chi connectivity index (χ3v) is 7.81. The van der Waals surface area contributed by atoms with E-state index in [1.807, 2.05) is 6.92 Å². The van der Waals surface area contributed by atoms with E-state index in [2.05, 4.69) is 0 Å². The maximum absolute atomic E-state index is 14.3. The van der Waals surface area contributed by atoms with E-state index in [1.165, 1.54) is 21.9 Å². The highest BCUT2D eigenvalue weighted by Crippen LogP contribution is 2.53. The number of hydrogen-bond acceptors (Lipinski definition) is 7. The SMILES string of the molecule is CCN1C(=O)C2(C(=C([O-])c3ccc4c(c3)OCCO4)C(=O)C(=O)N2CC[NH+]2CCOCC2)c2ccccc21. The van der Waals surface area contributed by atoms with Crippen LogP contribution in [0.2, 0.25) is 0 Å². The fourth-order valence-corrected chi connectivity index (χ4v) is 5.98. The first-order valence-electron chi connectivity index (χ1n) is 13.0. The van der Waals surface area contributed by atoms with Crippen LogP contribution in [-0.4, -0.2) is 81.6 Å². The van der Waals surface area contributed by atoms with Crippen LogP contribution in [0.15, 0.2) is 48.0 Å². The van der Waals surface area contributed by atoms with Gasteiger partial charge in [-0.25, -0.2) is 0 Å². The van der Waals surface area contributed by atoms with Crippen molar-refractivity contribution in [1.82, 2.24) is 4.90 Å². The molecular weight excluding hydrogens is 490 g/mol. The van der Waals surface area contributed by atoms with Crippen molar-refractivity contribution >= 4 is 29.0 Å². The summed E-state index contributed by atoms with van der Waals surface area (Å²) in [6, 6.07) is 11.8. The first-order valence-corrected chi connectivity index (χ1v) is 13.0. The van der Waals surface area contributed by atoms with E-state index in [0.717, 1.165) is 13.1 Å². The summed E-state index contributed by atoms with van der Waals surface area (Å²) in [6.45, 7) is 6.31. The molecule has 1 N–H and O–H groups in total. The first-order chi connectivity index (χ1) is 18.5. The molecule has 0 saturated carbocycles. The van der Waals surface area contributed by atoms with Crippen molar-refractivity contribution in [3.8, 4) is 11.5 Å². The van der Waals surface area contributed by atoms with Gasteiger partial charge in [0.25, 0.3) is 11.8 Å². The fourth-order valence-electron chi connectivity index (χ4n) is 5.98. The predicted octanol–water partition coefficient (Wildman–Crippen LogP) is -0.882. The molecule has 0 aliphatic carbocycles. The number of likely N-dealkylation sites (N-methyl/N-ethyl adjacent to an activating group) is 1. The Morgan fingerprint density at radius 1 is 1.00 bits per heavy atom.